The van der Waals surface area contributed by atoms with E-state index in [0.29, 0.717) is 0 Å². The Balaban J connectivity index is 2.33. The molecule has 1 rings (SSSR count). The van der Waals surface area contributed by atoms with E-state index in [9.17, 15) is 14.7 Å². The third kappa shape index (κ3) is 4.52. The average molecular weight is 253 g/mol. The summed E-state index contributed by atoms with van der Waals surface area (Å²) in [6, 6.07) is 9.05. The maximum Gasteiger partial charge on any atom is 0.351 e. The van der Waals surface area contributed by atoms with Gasteiger partial charge >= 0.3 is 11.9 Å². The minimum atomic E-state index is -2.40. The van der Waals surface area contributed by atoms with Crippen LogP contribution in [0.15, 0.2) is 30.3 Å². The molecule has 6 nitrogen and oxygen atoms in total. The summed E-state index contributed by atoms with van der Waals surface area (Å²) in [7, 11) is 0. The standard InChI is InChI=1S/C12H15NO5/c13-12(17,11(15)16)7-6-10(14)18-8-9-4-2-1-3-5-9/h1-5,17H,6-8,13H2,(H,15,16)/t12-/m0/s1. The van der Waals surface area contributed by atoms with Crippen molar-refractivity contribution in [2.75, 3.05) is 0 Å². The number of ether oxygens (including phenoxy) is 1. The molecule has 0 radical (unpaired) electrons. The van der Waals surface area contributed by atoms with Crippen molar-refractivity contribution < 1.29 is 24.5 Å². The number of carbonyl (C=O) groups excluding carboxylic acids is 1. The van der Waals surface area contributed by atoms with Crippen LogP contribution in [0.1, 0.15) is 18.4 Å². The predicted molar refractivity (Wildman–Crippen MR) is 62.2 cm³/mol. The molecule has 0 bridgehead atoms. The molecule has 0 amide bonds. The van der Waals surface area contributed by atoms with Crippen molar-refractivity contribution in [1.82, 2.24) is 0 Å². The van der Waals surface area contributed by atoms with Crippen molar-refractivity contribution in [2.45, 2.75) is 25.2 Å². The van der Waals surface area contributed by atoms with Gasteiger partial charge in [-0.05, 0) is 5.56 Å². The van der Waals surface area contributed by atoms with Gasteiger partial charge in [0.1, 0.15) is 6.61 Å². The van der Waals surface area contributed by atoms with Crippen molar-refractivity contribution in [2.24, 2.45) is 5.73 Å². The number of carboxylic acids is 1. The Hall–Kier alpha value is -1.92. The van der Waals surface area contributed by atoms with Gasteiger partial charge in [0.15, 0.2) is 0 Å². The first-order valence-corrected chi connectivity index (χ1v) is 5.36. The molecule has 0 saturated heterocycles. The van der Waals surface area contributed by atoms with Crippen LogP contribution >= 0.6 is 0 Å². The molecule has 6 heteroatoms. The summed E-state index contributed by atoms with van der Waals surface area (Å²) < 4.78 is 4.90. The number of hydrogen-bond donors (Lipinski definition) is 3. The first-order chi connectivity index (χ1) is 8.42. The first kappa shape index (κ1) is 14.1. The Morgan fingerprint density at radius 3 is 2.44 bits per heavy atom. The Bertz CT molecular complexity index is 416. The zero-order valence-electron chi connectivity index (χ0n) is 9.70. The number of carbonyl (C=O) groups is 2. The fourth-order valence-electron chi connectivity index (χ4n) is 1.21. The molecule has 18 heavy (non-hydrogen) atoms. The molecule has 1 aromatic rings. The van der Waals surface area contributed by atoms with Gasteiger partial charge in [-0.3, -0.25) is 10.5 Å². The highest BCUT2D eigenvalue weighted by Gasteiger charge is 2.31. The molecule has 0 spiro atoms. The molecule has 0 aliphatic rings. The third-order valence-corrected chi connectivity index (χ3v) is 2.32. The van der Waals surface area contributed by atoms with E-state index < -0.39 is 24.1 Å². The van der Waals surface area contributed by atoms with Gasteiger partial charge in [-0.2, -0.15) is 0 Å². The smallest absolute Gasteiger partial charge is 0.351 e. The molecule has 0 aliphatic carbocycles. The molecule has 0 unspecified atom stereocenters. The van der Waals surface area contributed by atoms with Gasteiger partial charge in [0.25, 0.3) is 0 Å². The van der Waals surface area contributed by atoms with Gasteiger partial charge in [0, 0.05) is 6.42 Å². The number of benzene rings is 1. The highest BCUT2D eigenvalue weighted by atomic mass is 16.5. The lowest BCUT2D eigenvalue weighted by atomic mass is 10.1. The number of esters is 1. The van der Waals surface area contributed by atoms with Crippen LogP contribution in [-0.4, -0.2) is 27.9 Å². The summed E-state index contributed by atoms with van der Waals surface area (Å²) in [6.07, 6.45) is -0.651. The number of hydrogen-bond acceptors (Lipinski definition) is 5. The zero-order valence-corrected chi connectivity index (χ0v) is 9.70. The van der Waals surface area contributed by atoms with Crippen LogP contribution in [0.5, 0.6) is 0 Å². The van der Waals surface area contributed by atoms with E-state index in [1.54, 1.807) is 12.1 Å². The summed E-state index contributed by atoms with van der Waals surface area (Å²) in [5.74, 6) is -2.18. The minimum absolute atomic E-state index is 0.107. The summed E-state index contributed by atoms with van der Waals surface area (Å²) in [5.41, 5.74) is 3.49. The highest BCUT2D eigenvalue weighted by Crippen LogP contribution is 2.08. The monoisotopic (exact) mass is 253 g/mol. The molecule has 98 valence electrons. The van der Waals surface area contributed by atoms with E-state index in [4.69, 9.17) is 15.6 Å². The molecule has 0 aromatic heterocycles. The lowest BCUT2D eigenvalue weighted by Gasteiger charge is -2.16. The Labute approximate surface area is 104 Å². The second-order valence-corrected chi connectivity index (χ2v) is 3.88. The predicted octanol–water partition coefficient (Wildman–Crippen LogP) is 0.242. The average Bonchev–Trinajstić information content (AvgIpc) is 2.35. The first-order valence-electron chi connectivity index (χ1n) is 5.36. The molecule has 0 heterocycles. The van der Waals surface area contributed by atoms with E-state index in [1.807, 2.05) is 18.2 Å². The Morgan fingerprint density at radius 1 is 1.28 bits per heavy atom. The second kappa shape index (κ2) is 6.13. The van der Waals surface area contributed by atoms with Gasteiger partial charge < -0.3 is 14.9 Å². The normalized spacial score (nSPS) is 13.7. The SMILES string of the molecule is N[C@](O)(CCC(=O)OCc1ccccc1)C(=O)O. The molecule has 1 atom stereocenters. The van der Waals surface area contributed by atoms with E-state index >= 15 is 0 Å². The van der Waals surface area contributed by atoms with Crippen LogP contribution in [-0.2, 0) is 20.9 Å². The van der Waals surface area contributed by atoms with Crippen molar-refractivity contribution in [1.29, 1.82) is 0 Å². The lowest BCUT2D eigenvalue weighted by molar-refractivity contribution is -0.160. The molecule has 0 saturated carbocycles. The van der Waals surface area contributed by atoms with Crippen LogP contribution < -0.4 is 5.73 Å². The van der Waals surface area contributed by atoms with Crippen LogP contribution in [0, 0.1) is 0 Å². The molecular formula is C12H15NO5. The molecule has 0 fully saturated rings. The van der Waals surface area contributed by atoms with Gasteiger partial charge in [-0.15, -0.1) is 0 Å². The number of rotatable bonds is 6. The third-order valence-electron chi connectivity index (χ3n) is 2.32. The van der Waals surface area contributed by atoms with Crippen molar-refractivity contribution in [3.05, 3.63) is 35.9 Å². The van der Waals surface area contributed by atoms with Crippen LogP contribution in [0.25, 0.3) is 0 Å². The quantitative estimate of drug-likeness (QED) is 0.495. The van der Waals surface area contributed by atoms with Crippen LogP contribution in [0.2, 0.25) is 0 Å². The zero-order chi connectivity index (χ0) is 13.6. The van der Waals surface area contributed by atoms with Crippen molar-refractivity contribution in [3.8, 4) is 0 Å². The Kier molecular flexibility index (Phi) is 4.82. The minimum Gasteiger partial charge on any atom is -0.478 e. The lowest BCUT2D eigenvalue weighted by Crippen LogP contribution is -2.48. The topological polar surface area (TPSA) is 110 Å². The summed E-state index contributed by atoms with van der Waals surface area (Å²) in [4.78, 5) is 21.8. The Morgan fingerprint density at radius 2 is 1.89 bits per heavy atom. The fraction of sp³-hybridized carbons (Fsp3) is 0.333. The number of aliphatic hydroxyl groups is 1. The second-order valence-electron chi connectivity index (χ2n) is 3.88. The molecule has 1 aromatic carbocycles. The molecule has 4 N–H and O–H groups in total. The van der Waals surface area contributed by atoms with Crippen molar-refractivity contribution >= 4 is 11.9 Å². The van der Waals surface area contributed by atoms with E-state index in [1.165, 1.54) is 0 Å². The summed E-state index contributed by atoms with van der Waals surface area (Å²) >= 11 is 0. The van der Waals surface area contributed by atoms with Gasteiger partial charge in [-0.1, -0.05) is 30.3 Å². The van der Waals surface area contributed by atoms with Gasteiger partial charge in [0.05, 0.1) is 6.42 Å². The largest absolute Gasteiger partial charge is 0.478 e. The van der Waals surface area contributed by atoms with Crippen LogP contribution in [0.3, 0.4) is 0 Å². The van der Waals surface area contributed by atoms with E-state index in [-0.39, 0.29) is 13.0 Å². The maximum absolute atomic E-state index is 11.3. The van der Waals surface area contributed by atoms with E-state index in [0.717, 1.165) is 5.56 Å². The number of nitrogens with two attached hydrogens (primary N) is 1. The van der Waals surface area contributed by atoms with Gasteiger partial charge in [-0.25, -0.2) is 4.79 Å². The number of carboxylic acid groups (broad SMARTS) is 1. The molecular weight excluding hydrogens is 238 g/mol. The molecule has 0 aliphatic heterocycles. The highest BCUT2D eigenvalue weighted by molar-refractivity contribution is 5.77. The van der Waals surface area contributed by atoms with Crippen LogP contribution in [0.4, 0.5) is 0 Å². The van der Waals surface area contributed by atoms with E-state index in [2.05, 4.69) is 0 Å². The van der Waals surface area contributed by atoms with Crippen molar-refractivity contribution in [3.63, 3.8) is 0 Å². The summed E-state index contributed by atoms with van der Waals surface area (Å²) in [5, 5.41) is 17.7. The number of aliphatic carboxylic acids is 1. The fourth-order valence-corrected chi connectivity index (χ4v) is 1.21. The van der Waals surface area contributed by atoms with Gasteiger partial charge in [0.2, 0.25) is 5.72 Å². The summed E-state index contributed by atoms with van der Waals surface area (Å²) in [6.45, 7) is 0.107. The maximum atomic E-state index is 11.3.